The van der Waals surface area contributed by atoms with Crippen LogP contribution < -0.4 is 5.73 Å². The summed E-state index contributed by atoms with van der Waals surface area (Å²) in [5.41, 5.74) is 11.8. The van der Waals surface area contributed by atoms with Gasteiger partial charge in [0.1, 0.15) is 0 Å². The fraction of sp³-hybridized carbons (Fsp3) is 0.0833. The molecule has 0 bridgehead atoms. The van der Waals surface area contributed by atoms with Gasteiger partial charge in [0, 0.05) is 10.9 Å². The van der Waals surface area contributed by atoms with Crippen molar-refractivity contribution in [3.8, 4) is 22.4 Å². The molecule has 138 valence electrons. The maximum atomic E-state index is 12.0. The summed E-state index contributed by atoms with van der Waals surface area (Å²) in [6.07, 6.45) is 0.817. The van der Waals surface area contributed by atoms with E-state index < -0.39 is 5.97 Å². The van der Waals surface area contributed by atoms with Crippen molar-refractivity contribution in [1.82, 2.24) is 4.98 Å². The Morgan fingerprint density at radius 1 is 0.929 bits per heavy atom. The molecule has 3 N–H and O–H groups in total. The van der Waals surface area contributed by atoms with Crippen LogP contribution in [0.3, 0.4) is 0 Å². The van der Waals surface area contributed by atoms with Crippen LogP contribution in [0.15, 0.2) is 72.8 Å². The Kier molecular flexibility index (Phi) is 4.53. The lowest BCUT2D eigenvalue weighted by atomic mass is 9.98. The highest BCUT2D eigenvalue weighted by atomic mass is 16.4. The van der Waals surface area contributed by atoms with E-state index in [4.69, 9.17) is 5.73 Å². The molecule has 0 atom stereocenters. The van der Waals surface area contributed by atoms with Crippen LogP contribution >= 0.6 is 0 Å². The van der Waals surface area contributed by atoms with E-state index in [0.29, 0.717) is 16.6 Å². The molecule has 0 radical (unpaired) electrons. The summed E-state index contributed by atoms with van der Waals surface area (Å²) in [6, 6.07) is 23.6. The third-order valence-corrected chi connectivity index (χ3v) is 4.97. The Morgan fingerprint density at radius 2 is 1.57 bits per heavy atom. The number of carboxylic acid groups (broad SMARTS) is 1. The van der Waals surface area contributed by atoms with Gasteiger partial charge in [0.25, 0.3) is 0 Å². The zero-order valence-corrected chi connectivity index (χ0v) is 15.5. The second-order valence-corrected chi connectivity index (χ2v) is 6.70. The average molecular weight is 368 g/mol. The Balaban J connectivity index is 1.87. The zero-order valence-electron chi connectivity index (χ0n) is 15.5. The predicted molar refractivity (Wildman–Crippen MR) is 113 cm³/mol. The lowest BCUT2D eigenvalue weighted by molar-refractivity contribution is 0.0700. The van der Waals surface area contributed by atoms with Crippen molar-refractivity contribution < 1.29 is 9.90 Å². The molecule has 0 amide bonds. The largest absolute Gasteiger partial charge is 0.478 e. The van der Waals surface area contributed by atoms with Crippen molar-refractivity contribution in [3.63, 3.8) is 0 Å². The number of carbonyl (C=O) groups is 1. The van der Waals surface area contributed by atoms with Gasteiger partial charge in [0.15, 0.2) is 0 Å². The smallest absolute Gasteiger partial charge is 0.338 e. The molecule has 0 unspecified atom stereocenters. The molecule has 4 nitrogen and oxygen atoms in total. The first-order valence-corrected chi connectivity index (χ1v) is 9.19. The number of anilines is 1. The van der Waals surface area contributed by atoms with Crippen molar-refractivity contribution in [2.45, 2.75) is 13.3 Å². The van der Waals surface area contributed by atoms with Crippen molar-refractivity contribution in [2.24, 2.45) is 0 Å². The number of aromatic carboxylic acids is 1. The molecule has 0 fully saturated rings. The van der Waals surface area contributed by atoms with Crippen LogP contribution in [0, 0.1) is 0 Å². The predicted octanol–water partition coefficient (Wildman–Crippen LogP) is 5.41. The summed E-state index contributed by atoms with van der Waals surface area (Å²) in [7, 11) is 0. The van der Waals surface area contributed by atoms with Crippen molar-refractivity contribution >= 4 is 22.6 Å². The molecule has 3 aromatic carbocycles. The highest BCUT2D eigenvalue weighted by Gasteiger charge is 2.19. The first-order chi connectivity index (χ1) is 13.6. The maximum absolute atomic E-state index is 12.0. The number of carboxylic acids is 1. The van der Waals surface area contributed by atoms with Gasteiger partial charge in [-0.25, -0.2) is 9.78 Å². The lowest BCUT2D eigenvalue weighted by Crippen LogP contribution is -2.07. The number of rotatable bonds is 4. The van der Waals surface area contributed by atoms with E-state index in [1.54, 1.807) is 0 Å². The number of nitrogen functional groups attached to an aromatic ring is 1. The number of aromatic nitrogens is 1. The summed E-state index contributed by atoms with van der Waals surface area (Å²) in [5.74, 6) is -1.04. The van der Waals surface area contributed by atoms with Crippen LogP contribution in [0.5, 0.6) is 0 Å². The van der Waals surface area contributed by atoms with Crippen molar-refractivity contribution in [3.05, 3.63) is 83.9 Å². The molecular weight excluding hydrogens is 348 g/mol. The fourth-order valence-electron chi connectivity index (χ4n) is 3.45. The van der Waals surface area contributed by atoms with Crippen LogP contribution in [0.25, 0.3) is 33.3 Å². The van der Waals surface area contributed by atoms with Gasteiger partial charge >= 0.3 is 5.97 Å². The fourth-order valence-corrected chi connectivity index (χ4v) is 3.45. The quantitative estimate of drug-likeness (QED) is 0.505. The molecule has 4 rings (SSSR count). The number of hydrogen-bond donors (Lipinski definition) is 2. The van der Waals surface area contributed by atoms with Gasteiger partial charge in [-0.1, -0.05) is 67.6 Å². The topological polar surface area (TPSA) is 76.2 Å². The third-order valence-electron chi connectivity index (χ3n) is 4.97. The molecule has 4 aromatic rings. The number of fused-ring (bicyclic) bond motifs is 1. The van der Waals surface area contributed by atoms with E-state index in [9.17, 15) is 9.90 Å². The summed E-state index contributed by atoms with van der Waals surface area (Å²) >= 11 is 0. The lowest BCUT2D eigenvalue weighted by Gasteiger charge is -2.13. The molecule has 4 heteroatoms. The van der Waals surface area contributed by atoms with E-state index in [1.807, 2.05) is 79.7 Å². The van der Waals surface area contributed by atoms with Crippen LogP contribution in [0.1, 0.15) is 22.8 Å². The average Bonchev–Trinajstić information content (AvgIpc) is 2.73. The molecule has 0 spiro atoms. The monoisotopic (exact) mass is 368 g/mol. The van der Waals surface area contributed by atoms with E-state index in [1.165, 1.54) is 0 Å². The SMILES string of the molecule is CCc1ccc2nc(-c3ccc(-c4ccccc4)cc3)c(N)c(C(=O)O)c2c1. The molecule has 0 saturated heterocycles. The normalized spacial score (nSPS) is 10.9. The molecule has 28 heavy (non-hydrogen) atoms. The van der Waals surface area contributed by atoms with Gasteiger partial charge in [-0.3, -0.25) is 0 Å². The number of benzene rings is 3. The molecule has 0 saturated carbocycles. The molecule has 0 aliphatic rings. The zero-order chi connectivity index (χ0) is 19.7. The summed E-state index contributed by atoms with van der Waals surface area (Å²) in [6.45, 7) is 2.03. The van der Waals surface area contributed by atoms with Gasteiger partial charge in [0.05, 0.1) is 22.5 Å². The summed E-state index contributed by atoms with van der Waals surface area (Å²) in [4.78, 5) is 16.6. The summed E-state index contributed by atoms with van der Waals surface area (Å²) in [5, 5.41) is 10.4. The van der Waals surface area contributed by atoms with Crippen LogP contribution in [-0.4, -0.2) is 16.1 Å². The number of pyridine rings is 1. The number of nitrogens with zero attached hydrogens (tertiary/aromatic N) is 1. The number of hydrogen-bond acceptors (Lipinski definition) is 3. The van der Waals surface area contributed by atoms with Crippen LogP contribution in [0.2, 0.25) is 0 Å². The van der Waals surface area contributed by atoms with E-state index in [-0.39, 0.29) is 11.3 Å². The van der Waals surface area contributed by atoms with Gasteiger partial charge < -0.3 is 10.8 Å². The maximum Gasteiger partial charge on any atom is 0.338 e. The number of nitrogens with two attached hydrogens (primary N) is 1. The Hall–Kier alpha value is -3.66. The van der Waals surface area contributed by atoms with Gasteiger partial charge in [-0.15, -0.1) is 0 Å². The second kappa shape index (κ2) is 7.16. The van der Waals surface area contributed by atoms with E-state index in [0.717, 1.165) is 28.7 Å². The summed E-state index contributed by atoms with van der Waals surface area (Å²) < 4.78 is 0. The number of aryl methyl sites for hydroxylation is 1. The minimum atomic E-state index is -1.04. The first-order valence-electron chi connectivity index (χ1n) is 9.19. The van der Waals surface area contributed by atoms with Gasteiger partial charge in [-0.05, 0) is 35.2 Å². The standard InChI is InChI=1S/C24H20N2O2/c1-2-15-8-13-20-19(14-15)21(24(27)28)22(25)23(26-20)18-11-9-17(10-12-18)16-6-4-3-5-7-16/h3-14H,2,25H2,1H3,(H,27,28). The second-order valence-electron chi connectivity index (χ2n) is 6.70. The Labute approximate surface area is 163 Å². The minimum Gasteiger partial charge on any atom is -0.478 e. The highest BCUT2D eigenvalue weighted by Crippen LogP contribution is 2.34. The molecular formula is C24H20N2O2. The van der Waals surface area contributed by atoms with Gasteiger partial charge in [0.2, 0.25) is 0 Å². The molecule has 0 aliphatic heterocycles. The van der Waals surface area contributed by atoms with Crippen LogP contribution in [-0.2, 0) is 6.42 Å². The molecule has 0 aliphatic carbocycles. The van der Waals surface area contributed by atoms with E-state index >= 15 is 0 Å². The van der Waals surface area contributed by atoms with Crippen molar-refractivity contribution in [1.29, 1.82) is 0 Å². The Bertz CT molecular complexity index is 1170. The van der Waals surface area contributed by atoms with E-state index in [2.05, 4.69) is 4.98 Å². The minimum absolute atomic E-state index is 0.113. The highest BCUT2D eigenvalue weighted by molar-refractivity contribution is 6.10. The Morgan fingerprint density at radius 3 is 2.21 bits per heavy atom. The van der Waals surface area contributed by atoms with Crippen molar-refractivity contribution in [2.75, 3.05) is 5.73 Å². The molecule has 1 aromatic heterocycles. The van der Waals surface area contributed by atoms with Crippen LogP contribution in [0.4, 0.5) is 5.69 Å². The third kappa shape index (κ3) is 3.09. The molecule has 1 heterocycles. The van der Waals surface area contributed by atoms with Gasteiger partial charge in [-0.2, -0.15) is 0 Å². The first kappa shape index (κ1) is 17.7.